The Hall–Kier alpha value is -2.93. The van der Waals surface area contributed by atoms with Gasteiger partial charge in [0.1, 0.15) is 5.75 Å². The van der Waals surface area contributed by atoms with Crippen LogP contribution in [-0.2, 0) is 0 Å². The highest BCUT2D eigenvalue weighted by Gasteiger charge is 2.33. The second kappa shape index (κ2) is 7.83. The minimum Gasteiger partial charge on any atom is -0.435 e. The first-order valence-electron chi connectivity index (χ1n) is 9.13. The standard InChI is InChI=1S/C21H18ClF2N3O2/c1-12-2-7-15(10-18(12)22)27-19(13-3-4-13)17(11-25-27)20(28)26-14-5-8-16(9-6-14)29-21(23)24/h2,5-11,13,21H,3-4H2,1H3,(H,26,28). The molecule has 2 aromatic carbocycles. The van der Waals surface area contributed by atoms with Crippen molar-refractivity contribution in [1.29, 1.82) is 0 Å². The first kappa shape index (κ1) is 19.4. The molecule has 1 aliphatic rings. The lowest BCUT2D eigenvalue weighted by Crippen LogP contribution is -2.14. The molecule has 29 heavy (non-hydrogen) atoms. The Morgan fingerprint density at radius 1 is 1.24 bits per heavy atom. The summed E-state index contributed by atoms with van der Waals surface area (Å²) in [5.41, 5.74) is 3.57. The molecule has 0 spiro atoms. The van der Waals surface area contributed by atoms with Gasteiger partial charge in [0.25, 0.3) is 5.91 Å². The van der Waals surface area contributed by atoms with E-state index in [4.69, 9.17) is 11.6 Å². The number of ether oxygens (including phenoxy) is 1. The maximum atomic E-state index is 12.9. The van der Waals surface area contributed by atoms with E-state index in [2.05, 4.69) is 15.2 Å². The zero-order chi connectivity index (χ0) is 20.5. The fourth-order valence-electron chi connectivity index (χ4n) is 3.12. The molecule has 0 atom stereocenters. The molecule has 1 saturated carbocycles. The number of hydrogen-bond donors (Lipinski definition) is 1. The summed E-state index contributed by atoms with van der Waals surface area (Å²) in [4.78, 5) is 12.9. The smallest absolute Gasteiger partial charge is 0.387 e. The van der Waals surface area contributed by atoms with Crippen LogP contribution in [0.3, 0.4) is 0 Å². The largest absolute Gasteiger partial charge is 0.435 e. The van der Waals surface area contributed by atoms with E-state index in [9.17, 15) is 13.6 Å². The molecule has 1 heterocycles. The van der Waals surface area contributed by atoms with E-state index in [1.165, 1.54) is 24.3 Å². The lowest BCUT2D eigenvalue weighted by Gasteiger charge is -2.11. The van der Waals surface area contributed by atoms with Crippen LogP contribution in [-0.4, -0.2) is 22.3 Å². The average Bonchev–Trinajstić information content (AvgIpc) is 3.43. The second-order valence-corrected chi connectivity index (χ2v) is 7.33. The Bertz CT molecular complexity index is 1050. The minimum atomic E-state index is -2.89. The summed E-state index contributed by atoms with van der Waals surface area (Å²) in [5.74, 6) is -0.0141. The molecule has 150 valence electrons. The van der Waals surface area contributed by atoms with Gasteiger partial charge in [0.2, 0.25) is 0 Å². The molecular weight excluding hydrogens is 400 g/mol. The van der Waals surface area contributed by atoms with Crippen molar-refractivity contribution in [3.63, 3.8) is 0 Å². The van der Waals surface area contributed by atoms with Gasteiger partial charge in [-0.05, 0) is 61.7 Å². The van der Waals surface area contributed by atoms with E-state index in [-0.39, 0.29) is 17.6 Å². The molecule has 8 heteroatoms. The van der Waals surface area contributed by atoms with Gasteiger partial charge in [0, 0.05) is 16.6 Å². The summed E-state index contributed by atoms with van der Waals surface area (Å²) in [6.45, 7) is -0.967. The number of nitrogens with one attached hydrogen (secondary N) is 1. The van der Waals surface area contributed by atoms with Gasteiger partial charge in [-0.2, -0.15) is 13.9 Å². The molecular formula is C21H18ClF2N3O2. The topological polar surface area (TPSA) is 56.2 Å². The van der Waals surface area contributed by atoms with E-state index >= 15 is 0 Å². The van der Waals surface area contributed by atoms with Crippen molar-refractivity contribution in [2.75, 3.05) is 5.32 Å². The van der Waals surface area contributed by atoms with Crippen molar-refractivity contribution < 1.29 is 18.3 Å². The van der Waals surface area contributed by atoms with Crippen LogP contribution in [0.2, 0.25) is 5.02 Å². The molecule has 3 aromatic rings. The molecule has 1 aromatic heterocycles. The number of aromatic nitrogens is 2. The van der Waals surface area contributed by atoms with Gasteiger partial charge in [0.15, 0.2) is 0 Å². The molecule has 1 amide bonds. The van der Waals surface area contributed by atoms with Gasteiger partial charge in [0.05, 0.1) is 23.1 Å². The number of carbonyl (C=O) groups is 1. The Morgan fingerprint density at radius 2 is 1.97 bits per heavy atom. The Kier molecular flexibility index (Phi) is 5.24. The van der Waals surface area contributed by atoms with Crippen molar-refractivity contribution in [3.05, 3.63) is 70.5 Å². The highest BCUT2D eigenvalue weighted by atomic mass is 35.5. The molecule has 0 bridgehead atoms. The fourth-order valence-corrected chi connectivity index (χ4v) is 3.29. The Labute approximate surface area is 171 Å². The number of hydrogen-bond acceptors (Lipinski definition) is 3. The zero-order valence-corrected chi connectivity index (χ0v) is 16.3. The number of nitrogens with zero attached hydrogens (tertiary/aromatic N) is 2. The number of benzene rings is 2. The van der Waals surface area contributed by atoms with Gasteiger partial charge >= 0.3 is 6.61 Å². The molecule has 5 nitrogen and oxygen atoms in total. The van der Waals surface area contributed by atoms with Gasteiger partial charge < -0.3 is 10.1 Å². The van der Waals surface area contributed by atoms with Gasteiger partial charge in [-0.25, -0.2) is 4.68 Å². The van der Waals surface area contributed by atoms with Crippen LogP contribution in [0.4, 0.5) is 14.5 Å². The minimum absolute atomic E-state index is 0.0285. The predicted molar refractivity (Wildman–Crippen MR) is 106 cm³/mol. The number of amides is 1. The first-order chi connectivity index (χ1) is 13.9. The monoisotopic (exact) mass is 417 g/mol. The highest BCUT2D eigenvalue weighted by Crippen LogP contribution is 2.42. The van der Waals surface area contributed by atoms with Crippen LogP contribution in [0, 0.1) is 6.92 Å². The number of rotatable bonds is 6. The van der Waals surface area contributed by atoms with Gasteiger partial charge in [-0.3, -0.25) is 4.79 Å². The molecule has 0 radical (unpaired) electrons. The quantitative estimate of drug-likeness (QED) is 0.570. The summed E-state index contributed by atoms with van der Waals surface area (Å²) in [6.07, 6.45) is 3.53. The molecule has 1 aliphatic carbocycles. The first-order valence-corrected chi connectivity index (χ1v) is 9.51. The molecule has 0 aliphatic heterocycles. The number of aryl methyl sites for hydroxylation is 1. The van der Waals surface area contributed by atoms with Crippen molar-refractivity contribution >= 4 is 23.2 Å². The van der Waals surface area contributed by atoms with Crippen LogP contribution in [0.15, 0.2) is 48.7 Å². The predicted octanol–water partition coefficient (Wildman–Crippen LogP) is 5.57. The summed E-state index contributed by atoms with van der Waals surface area (Å²) >= 11 is 6.25. The van der Waals surface area contributed by atoms with Crippen molar-refractivity contribution in [2.24, 2.45) is 0 Å². The average molecular weight is 418 g/mol. The number of alkyl halides is 2. The van der Waals surface area contributed by atoms with E-state index in [0.717, 1.165) is 29.8 Å². The van der Waals surface area contributed by atoms with Crippen LogP contribution in [0.1, 0.15) is 40.4 Å². The SMILES string of the molecule is Cc1ccc(-n2ncc(C(=O)Nc3ccc(OC(F)F)cc3)c2C2CC2)cc1Cl. The number of halogens is 3. The fraction of sp³-hybridized carbons (Fsp3) is 0.238. The van der Waals surface area contributed by atoms with Crippen molar-refractivity contribution in [1.82, 2.24) is 9.78 Å². The third-order valence-electron chi connectivity index (χ3n) is 4.75. The molecule has 4 rings (SSSR count). The normalized spacial score (nSPS) is 13.6. The van der Waals surface area contributed by atoms with E-state index < -0.39 is 6.61 Å². The van der Waals surface area contributed by atoms with E-state index in [0.29, 0.717) is 16.3 Å². The molecule has 0 unspecified atom stereocenters. The summed E-state index contributed by atoms with van der Waals surface area (Å²) in [5, 5.41) is 7.84. The Balaban J connectivity index is 1.59. The maximum Gasteiger partial charge on any atom is 0.387 e. The molecule has 1 fully saturated rings. The summed E-state index contributed by atoms with van der Waals surface area (Å²) in [6, 6.07) is 11.4. The summed E-state index contributed by atoms with van der Waals surface area (Å²) in [7, 11) is 0. The van der Waals surface area contributed by atoms with Gasteiger partial charge in [-0.1, -0.05) is 17.7 Å². The summed E-state index contributed by atoms with van der Waals surface area (Å²) < 4.78 is 30.6. The van der Waals surface area contributed by atoms with E-state index in [1.54, 1.807) is 10.9 Å². The number of anilines is 1. The molecule has 1 N–H and O–H groups in total. The lowest BCUT2D eigenvalue weighted by atomic mass is 10.1. The zero-order valence-electron chi connectivity index (χ0n) is 15.5. The van der Waals surface area contributed by atoms with Gasteiger partial charge in [-0.15, -0.1) is 0 Å². The lowest BCUT2D eigenvalue weighted by molar-refractivity contribution is -0.0498. The third-order valence-corrected chi connectivity index (χ3v) is 5.16. The van der Waals surface area contributed by atoms with Crippen LogP contribution >= 0.6 is 11.6 Å². The maximum absolute atomic E-state index is 12.9. The van der Waals surface area contributed by atoms with Crippen LogP contribution in [0.25, 0.3) is 5.69 Å². The van der Waals surface area contributed by atoms with Crippen molar-refractivity contribution in [2.45, 2.75) is 32.3 Å². The second-order valence-electron chi connectivity index (χ2n) is 6.92. The Morgan fingerprint density at radius 3 is 2.59 bits per heavy atom. The third kappa shape index (κ3) is 4.24. The van der Waals surface area contributed by atoms with Crippen LogP contribution in [0.5, 0.6) is 5.75 Å². The molecule has 0 saturated heterocycles. The van der Waals surface area contributed by atoms with Crippen LogP contribution < -0.4 is 10.1 Å². The van der Waals surface area contributed by atoms with Crippen molar-refractivity contribution in [3.8, 4) is 11.4 Å². The highest BCUT2D eigenvalue weighted by molar-refractivity contribution is 6.31. The number of carbonyl (C=O) groups excluding carboxylic acids is 1. The van der Waals surface area contributed by atoms with E-state index in [1.807, 2.05) is 25.1 Å².